The van der Waals surface area contributed by atoms with E-state index in [9.17, 15) is 9.18 Å². The molecule has 2 aliphatic heterocycles. The van der Waals surface area contributed by atoms with Gasteiger partial charge in [0.1, 0.15) is 17.1 Å². The zero-order valence-corrected chi connectivity index (χ0v) is 15.7. The molecule has 1 spiro atoms. The van der Waals surface area contributed by atoms with E-state index in [1.54, 1.807) is 29.3 Å². The molecule has 0 bridgehead atoms. The average molecular weight is 369 g/mol. The van der Waals surface area contributed by atoms with E-state index in [1.807, 2.05) is 20.0 Å². The fourth-order valence-corrected chi connectivity index (χ4v) is 4.18. The van der Waals surface area contributed by atoms with Gasteiger partial charge in [-0.05, 0) is 62.1 Å². The Kier molecular flexibility index (Phi) is 4.60. The van der Waals surface area contributed by atoms with Crippen molar-refractivity contribution in [2.75, 3.05) is 20.2 Å². The Morgan fingerprint density at radius 3 is 2.93 bits per heavy atom. The first-order chi connectivity index (χ1) is 13.0. The first kappa shape index (κ1) is 17.9. The Morgan fingerprint density at radius 2 is 2.19 bits per heavy atom. The fraction of sp³-hybridized carbons (Fsp3) is 0.429. The molecule has 27 heavy (non-hydrogen) atoms. The zero-order chi connectivity index (χ0) is 19.0. The molecule has 1 aromatic heterocycles. The minimum Gasteiger partial charge on any atom is -0.494 e. The van der Waals surface area contributed by atoms with Gasteiger partial charge in [0.15, 0.2) is 0 Å². The van der Waals surface area contributed by atoms with Crippen molar-refractivity contribution in [2.45, 2.75) is 37.8 Å². The molecule has 2 atom stereocenters. The van der Waals surface area contributed by atoms with Gasteiger partial charge < -0.3 is 9.64 Å². The van der Waals surface area contributed by atoms with Crippen molar-refractivity contribution in [2.24, 2.45) is 0 Å². The number of carbonyl (C=O) groups is 1. The Morgan fingerprint density at radius 1 is 1.33 bits per heavy atom. The summed E-state index contributed by atoms with van der Waals surface area (Å²) >= 11 is 0. The van der Waals surface area contributed by atoms with E-state index in [4.69, 9.17) is 4.74 Å². The molecular formula is C21H24FN3O2. The van der Waals surface area contributed by atoms with Gasteiger partial charge in [-0.1, -0.05) is 0 Å². The van der Waals surface area contributed by atoms with Crippen molar-refractivity contribution in [1.29, 1.82) is 0 Å². The topological polar surface area (TPSA) is 54.5 Å². The minimum atomic E-state index is -0.461. The lowest BCUT2D eigenvalue weighted by atomic mass is 9.96. The molecular weight excluding hydrogens is 345 g/mol. The van der Waals surface area contributed by atoms with Crippen LogP contribution in [0.5, 0.6) is 5.75 Å². The maximum atomic E-state index is 14.4. The molecule has 0 radical (unpaired) electrons. The molecule has 2 aromatic rings. The van der Waals surface area contributed by atoms with Crippen LogP contribution in [0.15, 0.2) is 36.5 Å². The smallest absolute Gasteiger partial charge is 0.242 e. The number of hydrogen-bond donors (Lipinski definition) is 1. The Bertz CT molecular complexity index is 872. The molecule has 1 N–H and O–H groups in total. The highest BCUT2D eigenvalue weighted by Gasteiger charge is 2.50. The van der Waals surface area contributed by atoms with Crippen LogP contribution in [-0.4, -0.2) is 41.5 Å². The summed E-state index contributed by atoms with van der Waals surface area (Å²) in [5, 5.41) is 3.52. The summed E-state index contributed by atoms with van der Waals surface area (Å²) in [7, 11) is 1.85. The molecule has 1 amide bonds. The minimum absolute atomic E-state index is 0.00136. The summed E-state index contributed by atoms with van der Waals surface area (Å²) in [4.78, 5) is 18.8. The van der Waals surface area contributed by atoms with Gasteiger partial charge in [0.05, 0.1) is 18.3 Å². The Balaban J connectivity index is 1.61. The van der Waals surface area contributed by atoms with Crippen molar-refractivity contribution >= 4 is 5.91 Å². The van der Waals surface area contributed by atoms with Crippen LogP contribution in [0.4, 0.5) is 4.39 Å². The summed E-state index contributed by atoms with van der Waals surface area (Å²) < 4.78 is 19.9. The lowest BCUT2D eigenvalue weighted by Crippen LogP contribution is -2.47. The number of aromatic nitrogens is 1. The maximum absolute atomic E-state index is 14.4. The van der Waals surface area contributed by atoms with Gasteiger partial charge >= 0.3 is 0 Å². The first-order valence-corrected chi connectivity index (χ1v) is 9.44. The molecule has 5 nitrogen and oxygen atoms in total. The standard InChI is InChI=1S/C21H24FN3O2/c1-3-27-15-4-5-17(22)16(13-15)14-7-10-23-19(12-14)18-6-8-21(24-18)9-11-25(2)20(21)26/h4-5,7,10,12-13,18,24H,3,6,8-9,11H2,1-2H3/t18-,21+/m0/s1. The lowest BCUT2D eigenvalue weighted by molar-refractivity contribution is -0.131. The second-order valence-electron chi connectivity index (χ2n) is 7.34. The van der Waals surface area contributed by atoms with Crippen LogP contribution in [0, 0.1) is 5.82 Å². The Hall–Kier alpha value is -2.47. The molecule has 1 aromatic carbocycles. The van der Waals surface area contributed by atoms with E-state index in [2.05, 4.69) is 10.3 Å². The number of ether oxygens (including phenoxy) is 1. The monoisotopic (exact) mass is 369 g/mol. The molecule has 3 heterocycles. The maximum Gasteiger partial charge on any atom is 0.242 e. The molecule has 4 rings (SSSR count). The number of rotatable bonds is 4. The molecule has 6 heteroatoms. The number of nitrogens with one attached hydrogen (secondary N) is 1. The van der Waals surface area contributed by atoms with Gasteiger partial charge in [-0.25, -0.2) is 4.39 Å². The number of nitrogens with zero attached hydrogens (tertiary/aromatic N) is 2. The van der Waals surface area contributed by atoms with Gasteiger partial charge in [0.25, 0.3) is 0 Å². The lowest BCUT2D eigenvalue weighted by Gasteiger charge is -2.23. The van der Waals surface area contributed by atoms with E-state index in [0.29, 0.717) is 17.9 Å². The van der Waals surface area contributed by atoms with Crippen LogP contribution in [0.3, 0.4) is 0 Å². The number of likely N-dealkylation sites (tertiary alicyclic amines) is 1. The van der Waals surface area contributed by atoms with E-state index in [1.165, 1.54) is 6.07 Å². The highest BCUT2D eigenvalue weighted by molar-refractivity contribution is 5.88. The second-order valence-corrected chi connectivity index (χ2v) is 7.34. The molecule has 0 saturated carbocycles. The van der Waals surface area contributed by atoms with E-state index in [-0.39, 0.29) is 17.8 Å². The molecule has 2 fully saturated rings. The number of pyridine rings is 1. The van der Waals surface area contributed by atoms with Gasteiger partial charge in [-0.2, -0.15) is 0 Å². The zero-order valence-electron chi connectivity index (χ0n) is 15.7. The first-order valence-electron chi connectivity index (χ1n) is 9.44. The third-order valence-corrected chi connectivity index (χ3v) is 5.64. The number of amides is 1. The SMILES string of the molecule is CCOc1ccc(F)c(-c2ccnc([C@@H]3CC[C@]4(CCN(C)C4=O)N3)c2)c1. The van der Waals surface area contributed by atoms with Crippen LogP contribution in [0.25, 0.3) is 11.1 Å². The predicted molar refractivity (Wildman–Crippen MR) is 101 cm³/mol. The molecule has 0 aliphatic carbocycles. The number of carbonyl (C=O) groups excluding carboxylic acids is 1. The predicted octanol–water partition coefficient (Wildman–Crippen LogP) is 3.31. The number of likely N-dealkylation sites (N-methyl/N-ethyl adjacent to an activating group) is 1. The summed E-state index contributed by atoms with van der Waals surface area (Å²) in [6, 6.07) is 8.49. The summed E-state index contributed by atoms with van der Waals surface area (Å²) in [5.41, 5.74) is 1.63. The van der Waals surface area contributed by atoms with E-state index in [0.717, 1.165) is 37.1 Å². The van der Waals surface area contributed by atoms with Gasteiger partial charge in [-0.15, -0.1) is 0 Å². The van der Waals surface area contributed by atoms with E-state index < -0.39 is 5.54 Å². The summed E-state index contributed by atoms with van der Waals surface area (Å²) in [5.74, 6) is 0.514. The van der Waals surface area contributed by atoms with Crippen LogP contribution >= 0.6 is 0 Å². The summed E-state index contributed by atoms with van der Waals surface area (Å²) in [6.45, 7) is 3.21. The second kappa shape index (κ2) is 6.93. The number of hydrogen-bond acceptors (Lipinski definition) is 4. The van der Waals surface area contributed by atoms with Gasteiger partial charge in [-0.3, -0.25) is 15.1 Å². The van der Waals surface area contributed by atoms with Gasteiger partial charge in [0.2, 0.25) is 5.91 Å². The number of halogens is 1. The molecule has 2 aliphatic rings. The molecule has 0 unspecified atom stereocenters. The van der Waals surface area contributed by atoms with Crippen molar-refractivity contribution in [3.63, 3.8) is 0 Å². The van der Waals surface area contributed by atoms with Crippen molar-refractivity contribution in [3.05, 3.63) is 48.0 Å². The van der Waals surface area contributed by atoms with Crippen LogP contribution in [0.2, 0.25) is 0 Å². The van der Waals surface area contributed by atoms with Gasteiger partial charge in [0, 0.05) is 25.4 Å². The normalized spacial score (nSPS) is 24.8. The number of benzene rings is 1. The third kappa shape index (κ3) is 3.18. The third-order valence-electron chi connectivity index (χ3n) is 5.64. The molecule has 2 saturated heterocycles. The largest absolute Gasteiger partial charge is 0.494 e. The van der Waals surface area contributed by atoms with Crippen LogP contribution in [-0.2, 0) is 4.79 Å². The van der Waals surface area contributed by atoms with Crippen molar-refractivity contribution in [1.82, 2.24) is 15.2 Å². The Labute approximate surface area is 158 Å². The van der Waals surface area contributed by atoms with E-state index >= 15 is 0 Å². The summed E-state index contributed by atoms with van der Waals surface area (Å²) in [6.07, 6.45) is 4.18. The highest BCUT2D eigenvalue weighted by atomic mass is 19.1. The van der Waals surface area contributed by atoms with Crippen LogP contribution in [0.1, 0.15) is 37.9 Å². The van der Waals surface area contributed by atoms with Crippen molar-refractivity contribution in [3.8, 4) is 16.9 Å². The fourth-order valence-electron chi connectivity index (χ4n) is 4.18. The quantitative estimate of drug-likeness (QED) is 0.898. The highest BCUT2D eigenvalue weighted by Crippen LogP contribution is 2.39. The average Bonchev–Trinajstić information content (AvgIpc) is 3.24. The van der Waals surface area contributed by atoms with Crippen molar-refractivity contribution < 1.29 is 13.9 Å². The van der Waals surface area contributed by atoms with Crippen LogP contribution < -0.4 is 10.1 Å². The molecule has 142 valence electrons.